The highest BCUT2D eigenvalue weighted by atomic mass is 16.5. The molecule has 0 radical (unpaired) electrons. The predicted molar refractivity (Wildman–Crippen MR) is 133 cm³/mol. The number of ether oxygens (including phenoxy) is 3. The smallest absolute Gasteiger partial charge is 0.227 e. The van der Waals surface area contributed by atoms with Crippen LogP contribution in [0.2, 0.25) is 0 Å². The van der Waals surface area contributed by atoms with Crippen LogP contribution in [0.4, 0.5) is 11.4 Å². The zero-order valence-electron chi connectivity index (χ0n) is 20.7. The molecular formula is C26H33N3O6. The van der Waals surface area contributed by atoms with Gasteiger partial charge < -0.3 is 29.7 Å². The van der Waals surface area contributed by atoms with Crippen LogP contribution in [-0.2, 0) is 20.9 Å². The number of carbonyl (C=O) groups excluding carboxylic acids is 3. The Morgan fingerprint density at radius 1 is 1.00 bits per heavy atom. The number of anilines is 2. The Balaban J connectivity index is 1.69. The molecule has 1 atom stereocenters. The van der Waals surface area contributed by atoms with Crippen molar-refractivity contribution in [3.05, 3.63) is 42.0 Å². The van der Waals surface area contributed by atoms with E-state index in [0.717, 1.165) is 5.56 Å². The van der Waals surface area contributed by atoms with Crippen LogP contribution in [0.5, 0.6) is 17.2 Å². The van der Waals surface area contributed by atoms with Crippen molar-refractivity contribution in [2.24, 2.45) is 5.92 Å². The third kappa shape index (κ3) is 6.65. The van der Waals surface area contributed by atoms with E-state index in [-0.39, 0.29) is 37.2 Å². The summed E-state index contributed by atoms with van der Waals surface area (Å²) in [6, 6.07) is 10.7. The molecule has 1 heterocycles. The van der Waals surface area contributed by atoms with Gasteiger partial charge in [-0.2, -0.15) is 0 Å². The minimum Gasteiger partial charge on any atom is -0.490 e. The summed E-state index contributed by atoms with van der Waals surface area (Å²) in [6.07, 6.45) is 0.119. The number of hydrogen-bond acceptors (Lipinski definition) is 6. The van der Waals surface area contributed by atoms with Gasteiger partial charge in [-0.25, -0.2) is 0 Å². The Hall–Kier alpha value is -3.75. The Labute approximate surface area is 205 Å². The second-order valence-corrected chi connectivity index (χ2v) is 8.07. The molecule has 1 fully saturated rings. The summed E-state index contributed by atoms with van der Waals surface area (Å²) < 4.78 is 17.2. The molecule has 9 heteroatoms. The van der Waals surface area contributed by atoms with Crippen LogP contribution in [0.15, 0.2) is 36.4 Å². The van der Waals surface area contributed by atoms with Crippen molar-refractivity contribution in [2.75, 3.05) is 36.6 Å². The third-order valence-corrected chi connectivity index (χ3v) is 5.41. The highest BCUT2D eigenvalue weighted by molar-refractivity contribution is 6.01. The molecule has 1 saturated heterocycles. The minimum absolute atomic E-state index is 0.119. The van der Waals surface area contributed by atoms with Crippen molar-refractivity contribution < 1.29 is 28.6 Å². The molecule has 35 heavy (non-hydrogen) atoms. The number of nitrogens with zero attached hydrogens (tertiary/aromatic N) is 1. The molecule has 0 spiro atoms. The van der Waals surface area contributed by atoms with Gasteiger partial charge in [-0.1, -0.05) is 6.07 Å². The number of hydrogen-bond donors (Lipinski definition) is 2. The molecule has 0 unspecified atom stereocenters. The van der Waals surface area contributed by atoms with E-state index in [1.807, 2.05) is 32.9 Å². The van der Waals surface area contributed by atoms with Crippen LogP contribution in [0.3, 0.4) is 0 Å². The van der Waals surface area contributed by atoms with Crippen molar-refractivity contribution in [2.45, 2.75) is 40.7 Å². The molecule has 1 aliphatic rings. The SMILES string of the molecule is CCOc1cc(CNC(=O)[C@@H]2CC(=O)N(c3cccc(NC(C)=O)c3)C2)cc(OCC)c1OCC. The topological polar surface area (TPSA) is 106 Å². The van der Waals surface area contributed by atoms with Crippen LogP contribution in [0.25, 0.3) is 0 Å². The molecule has 3 amide bonds. The van der Waals surface area contributed by atoms with Gasteiger partial charge in [0, 0.05) is 37.8 Å². The first-order valence-corrected chi connectivity index (χ1v) is 11.9. The lowest BCUT2D eigenvalue weighted by molar-refractivity contribution is -0.126. The van der Waals surface area contributed by atoms with Crippen LogP contribution in [-0.4, -0.2) is 44.1 Å². The molecule has 3 rings (SSSR count). The molecule has 2 N–H and O–H groups in total. The maximum atomic E-state index is 12.9. The van der Waals surface area contributed by atoms with Crippen molar-refractivity contribution in [1.82, 2.24) is 5.32 Å². The molecule has 1 aliphatic heterocycles. The zero-order valence-corrected chi connectivity index (χ0v) is 20.7. The Bertz CT molecular complexity index is 1040. The number of benzene rings is 2. The summed E-state index contributed by atoms with van der Waals surface area (Å²) >= 11 is 0. The van der Waals surface area contributed by atoms with E-state index < -0.39 is 5.92 Å². The van der Waals surface area contributed by atoms with Crippen LogP contribution in [0, 0.1) is 5.92 Å². The molecule has 0 aromatic heterocycles. The fraction of sp³-hybridized carbons (Fsp3) is 0.423. The van der Waals surface area contributed by atoms with Gasteiger partial charge in [0.05, 0.1) is 25.7 Å². The molecule has 188 valence electrons. The quantitative estimate of drug-likeness (QED) is 0.507. The first-order chi connectivity index (χ1) is 16.9. The number of nitrogens with one attached hydrogen (secondary N) is 2. The standard InChI is InChI=1S/C26H33N3O6/c1-5-33-22-11-18(12-23(34-6-2)25(22)35-7-3)15-27-26(32)19-13-24(31)29(16-19)21-10-8-9-20(14-21)28-17(4)30/h8-12,14,19H,5-7,13,15-16H2,1-4H3,(H,27,32)(H,28,30)/t19-/m1/s1. The Kier molecular flexibility index (Phi) is 8.94. The number of rotatable bonds is 11. The van der Waals surface area contributed by atoms with Gasteiger partial charge in [-0.15, -0.1) is 0 Å². The van der Waals surface area contributed by atoms with Crippen molar-refractivity contribution >= 4 is 29.1 Å². The van der Waals surface area contributed by atoms with Gasteiger partial charge in [0.15, 0.2) is 11.5 Å². The van der Waals surface area contributed by atoms with Gasteiger partial charge >= 0.3 is 0 Å². The van der Waals surface area contributed by atoms with E-state index in [1.54, 1.807) is 29.2 Å². The first-order valence-electron chi connectivity index (χ1n) is 11.9. The van der Waals surface area contributed by atoms with Gasteiger partial charge in [0.1, 0.15) is 0 Å². The second-order valence-electron chi connectivity index (χ2n) is 8.07. The average molecular weight is 484 g/mol. The summed E-state index contributed by atoms with van der Waals surface area (Å²) in [6.45, 7) is 9.01. The van der Waals surface area contributed by atoms with Gasteiger partial charge in [0.2, 0.25) is 23.5 Å². The Morgan fingerprint density at radius 2 is 1.66 bits per heavy atom. The normalized spacial score (nSPS) is 15.0. The van der Waals surface area contributed by atoms with Crippen LogP contribution in [0.1, 0.15) is 39.7 Å². The van der Waals surface area contributed by atoms with Crippen LogP contribution >= 0.6 is 0 Å². The summed E-state index contributed by atoms with van der Waals surface area (Å²) in [4.78, 5) is 38.5. The second kappa shape index (κ2) is 12.1. The van der Waals surface area contributed by atoms with Gasteiger partial charge in [0.25, 0.3) is 0 Å². The summed E-state index contributed by atoms with van der Waals surface area (Å²) in [5, 5.41) is 5.64. The number of carbonyl (C=O) groups is 3. The fourth-order valence-corrected chi connectivity index (χ4v) is 3.97. The van der Waals surface area contributed by atoms with Crippen molar-refractivity contribution in [3.8, 4) is 17.2 Å². The largest absolute Gasteiger partial charge is 0.490 e. The predicted octanol–water partition coefficient (Wildman–Crippen LogP) is 3.51. The molecule has 2 aromatic carbocycles. The third-order valence-electron chi connectivity index (χ3n) is 5.41. The maximum Gasteiger partial charge on any atom is 0.227 e. The van der Waals surface area contributed by atoms with Gasteiger partial charge in [-0.05, 0) is 56.7 Å². The lowest BCUT2D eigenvalue weighted by Crippen LogP contribution is -2.32. The maximum absolute atomic E-state index is 12.9. The number of amides is 3. The average Bonchev–Trinajstić information content (AvgIpc) is 3.21. The van der Waals surface area contributed by atoms with E-state index in [4.69, 9.17) is 14.2 Å². The molecule has 0 bridgehead atoms. The molecular weight excluding hydrogens is 450 g/mol. The fourth-order valence-electron chi connectivity index (χ4n) is 3.97. The minimum atomic E-state index is -0.479. The first kappa shape index (κ1) is 25.9. The summed E-state index contributed by atoms with van der Waals surface area (Å²) in [7, 11) is 0. The molecule has 0 saturated carbocycles. The summed E-state index contributed by atoms with van der Waals surface area (Å²) in [5.41, 5.74) is 2.05. The monoisotopic (exact) mass is 483 g/mol. The van der Waals surface area contributed by atoms with E-state index in [2.05, 4.69) is 10.6 Å². The molecule has 2 aromatic rings. The van der Waals surface area contributed by atoms with E-state index in [0.29, 0.717) is 48.4 Å². The highest BCUT2D eigenvalue weighted by Crippen LogP contribution is 2.39. The lowest BCUT2D eigenvalue weighted by Gasteiger charge is -2.19. The van der Waals surface area contributed by atoms with E-state index in [1.165, 1.54) is 6.92 Å². The molecule has 0 aliphatic carbocycles. The van der Waals surface area contributed by atoms with Crippen LogP contribution < -0.4 is 29.7 Å². The lowest BCUT2D eigenvalue weighted by atomic mass is 10.1. The Morgan fingerprint density at radius 3 is 2.26 bits per heavy atom. The van der Waals surface area contributed by atoms with E-state index in [9.17, 15) is 14.4 Å². The zero-order chi connectivity index (χ0) is 25.4. The van der Waals surface area contributed by atoms with Gasteiger partial charge in [-0.3, -0.25) is 14.4 Å². The molecule has 9 nitrogen and oxygen atoms in total. The summed E-state index contributed by atoms with van der Waals surface area (Å²) in [5.74, 6) is 0.655. The van der Waals surface area contributed by atoms with Crippen molar-refractivity contribution in [1.29, 1.82) is 0 Å². The van der Waals surface area contributed by atoms with Crippen molar-refractivity contribution in [3.63, 3.8) is 0 Å². The van der Waals surface area contributed by atoms with E-state index >= 15 is 0 Å². The highest BCUT2D eigenvalue weighted by Gasteiger charge is 2.35.